The number of aliphatic hydroxyl groups excluding tert-OH is 1. The van der Waals surface area contributed by atoms with Crippen molar-refractivity contribution in [1.82, 2.24) is 9.80 Å². The van der Waals surface area contributed by atoms with Gasteiger partial charge < -0.3 is 14.7 Å². The van der Waals surface area contributed by atoms with Crippen molar-refractivity contribution < 1.29 is 14.6 Å². The fourth-order valence-corrected chi connectivity index (χ4v) is 3.40. The van der Waals surface area contributed by atoms with Crippen molar-refractivity contribution in [2.24, 2.45) is 5.92 Å². The van der Waals surface area contributed by atoms with E-state index < -0.39 is 11.7 Å². The topological polar surface area (TPSA) is 53.0 Å². The molecule has 0 saturated carbocycles. The molecule has 0 aromatic heterocycles. The molecule has 1 aromatic carbocycles. The Kier molecular flexibility index (Phi) is 7.07. The highest BCUT2D eigenvalue weighted by molar-refractivity contribution is 5.68. The van der Waals surface area contributed by atoms with Crippen LogP contribution in [0, 0.1) is 5.92 Å². The van der Waals surface area contributed by atoms with Crippen LogP contribution in [0.15, 0.2) is 30.3 Å². The van der Waals surface area contributed by atoms with Crippen LogP contribution < -0.4 is 0 Å². The fourth-order valence-electron chi connectivity index (χ4n) is 3.40. The summed E-state index contributed by atoms with van der Waals surface area (Å²) in [4.78, 5) is 16.7. The van der Waals surface area contributed by atoms with Crippen molar-refractivity contribution in [3.8, 4) is 0 Å². The van der Waals surface area contributed by atoms with E-state index in [1.807, 2.05) is 39.0 Å². The van der Waals surface area contributed by atoms with Crippen LogP contribution in [0.5, 0.6) is 0 Å². The molecule has 0 radical (unpaired) electrons. The van der Waals surface area contributed by atoms with E-state index in [4.69, 9.17) is 4.74 Å². The molecule has 0 spiro atoms. The number of hydrogen-bond donors (Lipinski definition) is 1. The van der Waals surface area contributed by atoms with E-state index >= 15 is 0 Å². The number of carbonyl (C=O) groups is 1. The average Bonchev–Trinajstić information content (AvgIpc) is 2.66. The van der Waals surface area contributed by atoms with Crippen LogP contribution in [0.3, 0.4) is 0 Å². The number of hydrogen-bond acceptors (Lipinski definition) is 4. The first-order valence-corrected chi connectivity index (χ1v) is 9.59. The molecular formula is C21H34N2O3. The summed E-state index contributed by atoms with van der Waals surface area (Å²) >= 11 is 0. The van der Waals surface area contributed by atoms with Crippen molar-refractivity contribution in [3.05, 3.63) is 35.9 Å². The summed E-state index contributed by atoms with van der Waals surface area (Å²) in [6, 6.07) is 10.0. The zero-order valence-electron chi connectivity index (χ0n) is 16.8. The maximum absolute atomic E-state index is 12.7. The minimum Gasteiger partial charge on any atom is -0.444 e. The number of nitrogens with zero attached hydrogens (tertiary/aromatic N) is 2. The molecule has 1 heterocycles. The summed E-state index contributed by atoms with van der Waals surface area (Å²) in [6.07, 6.45) is -0.153. The van der Waals surface area contributed by atoms with Gasteiger partial charge in [0.1, 0.15) is 5.60 Å². The monoisotopic (exact) mass is 362 g/mol. The van der Waals surface area contributed by atoms with Crippen molar-refractivity contribution in [1.29, 1.82) is 0 Å². The molecule has 1 saturated heterocycles. The van der Waals surface area contributed by atoms with Crippen molar-refractivity contribution >= 4 is 6.09 Å². The Morgan fingerprint density at radius 3 is 2.46 bits per heavy atom. The normalized spacial score (nSPS) is 22.3. The Bertz CT molecular complexity index is 568. The molecule has 1 aliphatic rings. The largest absolute Gasteiger partial charge is 0.444 e. The molecule has 5 nitrogen and oxygen atoms in total. The lowest BCUT2D eigenvalue weighted by Gasteiger charge is -2.34. The van der Waals surface area contributed by atoms with Gasteiger partial charge in [-0.3, -0.25) is 4.90 Å². The van der Waals surface area contributed by atoms with Gasteiger partial charge in [-0.25, -0.2) is 4.79 Å². The van der Waals surface area contributed by atoms with Crippen LogP contribution in [0.25, 0.3) is 0 Å². The molecule has 1 fully saturated rings. The van der Waals surface area contributed by atoms with Crippen molar-refractivity contribution in [3.63, 3.8) is 0 Å². The Morgan fingerprint density at radius 1 is 1.23 bits per heavy atom. The number of carbonyl (C=O) groups excluding carboxylic acids is 1. The lowest BCUT2D eigenvalue weighted by Crippen LogP contribution is -2.49. The lowest BCUT2D eigenvalue weighted by atomic mass is 9.98. The summed E-state index contributed by atoms with van der Waals surface area (Å²) < 4.78 is 5.60. The maximum Gasteiger partial charge on any atom is 0.410 e. The maximum atomic E-state index is 12.7. The molecule has 1 aliphatic heterocycles. The van der Waals surface area contributed by atoms with Crippen molar-refractivity contribution in [2.75, 3.05) is 19.6 Å². The minimum absolute atomic E-state index is 0.217. The van der Waals surface area contributed by atoms with Gasteiger partial charge in [0.25, 0.3) is 0 Å². The molecule has 2 rings (SSSR count). The molecule has 1 amide bonds. The Morgan fingerprint density at radius 2 is 1.88 bits per heavy atom. The number of amides is 1. The first-order valence-electron chi connectivity index (χ1n) is 9.59. The van der Waals surface area contributed by atoms with E-state index in [-0.39, 0.29) is 12.1 Å². The number of benzene rings is 1. The second-order valence-corrected chi connectivity index (χ2v) is 8.66. The second kappa shape index (κ2) is 8.87. The smallest absolute Gasteiger partial charge is 0.410 e. The van der Waals surface area contributed by atoms with Gasteiger partial charge in [0, 0.05) is 26.2 Å². The summed E-state index contributed by atoms with van der Waals surface area (Å²) in [7, 11) is 0. The third-order valence-corrected chi connectivity index (χ3v) is 4.54. The van der Waals surface area contributed by atoms with Crippen LogP contribution in [-0.2, 0) is 11.3 Å². The van der Waals surface area contributed by atoms with Crippen LogP contribution in [0.2, 0.25) is 0 Å². The van der Waals surface area contributed by atoms with E-state index in [1.54, 1.807) is 4.90 Å². The molecule has 26 heavy (non-hydrogen) atoms. The first-order chi connectivity index (χ1) is 12.2. The Labute approximate surface area is 157 Å². The van der Waals surface area contributed by atoms with E-state index in [0.717, 1.165) is 19.5 Å². The average molecular weight is 363 g/mol. The van der Waals surface area contributed by atoms with Crippen LogP contribution in [0.4, 0.5) is 4.79 Å². The second-order valence-electron chi connectivity index (χ2n) is 8.66. The molecule has 146 valence electrons. The highest BCUT2D eigenvalue weighted by Crippen LogP contribution is 2.22. The van der Waals surface area contributed by atoms with E-state index in [1.165, 1.54) is 5.56 Å². The molecular weight excluding hydrogens is 328 g/mol. The van der Waals surface area contributed by atoms with Crippen LogP contribution in [-0.4, -0.2) is 58.4 Å². The van der Waals surface area contributed by atoms with Crippen LogP contribution >= 0.6 is 0 Å². The molecule has 0 aliphatic carbocycles. The molecule has 1 N–H and O–H groups in total. The summed E-state index contributed by atoms with van der Waals surface area (Å²) in [5, 5.41) is 10.9. The highest BCUT2D eigenvalue weighted by atomic mass is 16.6. The zero-order valence-corrected chi connectivity index (χ0v) is 16.8. The number of aliphatic hydroxyl groups is 1. The lowest BCUT2D eigenvalue weighted by molar-refractivity contribution is -0.00437. The van der Waals surface area contributed by atoms with Crippen LogP contribution in [0.1, 0.15) is 46.6 Å². The van der Waals surface area contributed by atoms with Gasteiger partial charge in [0.2, 0.25) is 0 Å². The molecule has 0 unspecified atom stereocenters. The fraction of sp³-hybridized carbons (Fsp3) is 0.667. The number of ether oxygens (including phenoxy) is 1. The van der Waals surface area contributed by atoms with E-state index in [0.29, 0.717) is 19.0 Å². The number of β-amino-alcohol motifs (C(OH)–C–C–N with tert-alkyl or cyclic N) is 1. The predicted octanol–water partition coefficient (Wildman–Crippen LogP) is 3.51. The molecule has 5 heteroatoms. The predicted molar refractivity (Wildman–Crippen MR) is 104 cm³/mol. The number of rotatable bonds is 4. The SMILES string of the molecule is CC(C)C[C@H]1[C@@H](O)CN(Cc2ccccc2)CCN1C(=O)OC(C)(C)C. The van der Waals surface area contributed by atoms with E-state index in [2.05, 4.69) is 30.9 Å². The summed E-state index contributed by atoms with van der Waals surface area (Å²) in [5.41, 5.74) is 0.673. The van der Waals surface area contributed by atoms with Gasteiger partial charge in [0.15, 0.2) is 0 Å². The van der Waals surface area contributed by atoms with Gasteiger partial charge >= 0.3 is 6.09 Å². The zero-order chi connectivity index (χ0) is 19.3. The van der Waals surface area contributed by atoms with Gasteiger partial charge in [-0.15, -0.1) is 0 Å². The standard InChI is InChI=1S/C21H34N2O3/c1-16(2)13-18-19(24)15-22(14-17-9-7-6-8-10-17)11-12-23(18)20(25)26-21(3,4)5/h6-10,16,18-19,24H,11-15H2,1-5H3/t18-,19-/m0/s1. The molecule has 0 bridgehead atoms. The quantitative estimate of drug-likeness (QED) is 0.890. The minimum atomic E-state index is -0.587. The summed E-state index contributed by atoms with van der Waals surface area (Å²) in [6.45, 7) is 12.5. The molecule has 1 aromatic rings. The summed E-state index contributed by atoms with van der Waals surface area (Å²) in [5.74, 6) is 0.389. The van der Waals surface area contributed by atoms with Gasteiger partial charge in [-0.2, -0.15) is 0 Å². The Balaban J connectivity index is 2.14. The van der Waals surface area contributed by atoms with E-state index in [9.17, 15) is 9.90 Å². The van der Waals surface area contributed by atoms with Gasteiger partial charge in [-0.1, -0.05) is 44.2 Å². The Hall–Kier alpha value is -1.59. The van der Waals surface area contributed by atoms with Gasteiger partial charge in [-0.05, 0) is 38.7 Å². The highest BCUT2D eigenvalue weighted by Gasteiger charge is 2.36. The van der Waals surface area contributed by atoms with Crippen molar-refractivity contribution in [2.45, 2.75) is 65.3 Å². The third-order valence-electron chi connectivity index (χ3n) is 4.54. The third kappa shape index (κ3) is 6.29. The van der Waals surface area contributed by atoms with Gasteiger partial charge in [0.05, 0.1) is 12.1 Å². The first kappa shape index (κ1) is 20.7. The molecule has 2 atom stereocenters.